The van der Waals surface area contributed by atoms with Crippen LogP contribution >= 0.6 is 11.8 Å². The summed E-state index contributed by atoms with van der Waals surface area (Å²) >= 11 is 1.53. The van der Waals surface area contributed by atoms with Gasteiger partial charge in [-0.05, 0) is 66.1 Å². The molecule has 1 atom stereocenters. The number of unbranched alkanes of at least 4 members (excludes halogenated alkanes) is 7. The number of hydrogen-bond donors (Lipinski definition) is 3. The second-order valence-corrected chi connectivity index (χ2v) is 14.9. The first-order valence-electron chi connectivity index (χ1n) is 18.7. The maximum absolute atomic E-state index is 13.8. The van der Waals surface area contributed by atoms with Crippen molar-refractivity contribution in [3.05, 3.63) is 106 Å². The maximum Gasteiger partial charge on any atom is 0.336 e. The summed E-state index contributed by atoms with van der Waals surface area (Å²) in [7, 11) is 0. The van der Waals surface area contributed by atoms with Gasteiger partial charge in [-0.3, -0.25) is 19.2 Å². The lowest BCUT2D eigenvalue weighted by molar-refractivity contribution is -0.197. The molecule has 0 saturated carbocycles. The van der Waals surface area contributed by atoms with Crippen molar-refractivity contribution in [3.63, 3.8) is 0 Å². The van der Waals surface area contributed by atoms with E-state index in [0.29, 0.717) is 39.2 Å². The summed E-state index contributed by atoms with van der Waals surface area (Å²) in [4.78, 5) is 78.7. The minimum absolute atomic E-state index is 0.0477. The van der Waals surface area contributed by atoms with Crippen molar-refractivity contribution >= 4 is 58.1 Å². The number of amides is 3. The molecule has 13 heteroatoms. The van der Waals surface area contributed by atoms with E-state index in [2.05, 4.69) is 5.32 Å². The van der Waals surface area contributed by atoms with E-state index in [1.807, 2.05) is 30.3 Å². The molecule has 3 N–H and O–H groups in total. The predicted octanol–water partition coefficient (Wildman–Crippen LogP) is 8.50. The minimum atomic E-state index is -1.21. The van der Waals surface area contributed by atoms with Gasteiger partial charge in [0, 0.05) is 53.6 Å². The Bertz CT molecular complexity index is 2250. The summed E-state index contributed by atoms with van der Waals surface area (Å²) in [5, 5.41) is 24.0. The summed E-state index contributed by atoms with van der Waals surface area (Å²) in [6.07, 6.45) is 7.76. The fourth-order valence-corrected chi connectivity index (χ4v) is 7.93. The number of carboxylic acids is 1. The van der Waals surface area contributed by atoms with Crippen LogP contribution in [0.4, 0.5) is 5.69 Å². The van der Waals surface area contributed by atoms with E-state index in [1.54, 1.807) is 24.3 Å². The quantitative estimate of drug-likeness (QED) is 0.0441. The molecule has 3 aromatic carbocycles. The van der Waals surface area contributed by atoms with Gasteiger partial charge >= 0.3 is 11.9 Å². The van der Waals surface area contributed by atoms with Crippen LogP contribution in [0.5, 0.6) is 5.75 Å². The first-order valence-corrected chi connectivity index (χ1v) is 19.8. The number of nitrogens with zero attached hydrogens (tertiary/aromatic N) is 1. The average molecular weight is 779 g/mol. The molecule has 0 spiro atoms. The highest BCUT2D eigenvalue weighted by atomic mass is 32.2. The molecule has 1 aliphatic carbocycles. The smallest absolute Gasteiger partial charge is 0.336 e. The van der Waals surface area contributed by atoms with Crippen molar-refractivity contribution in [2.75, 3.05) is 11.1 Å². The van der Waals surface area contributed by atoms with Crippen LogP contribution in [0.1, 0.15) is 91.8 Å². The number of carbonyl (C=O) groups is 5. The molecule has 1 saturated heterocycles. The second-order valence-electron chi connectivity index (χ2n) is 13.7. The summed E-state index contributed by atoms with van der Waals surface area (Å²) in [5.41, 5.74) is 2.49. The van der Waals surface area contributed by atoms with Gasteiger partial charge in [0.05, 0.1) is 5.56 Å². The van der Waals surface area contributed by atoms with Crippen molar-refractivity contribution in [1.29, 1.82) is 0 Å². The Kier molecular flexibility index (Phi) is 13.2. The van der Waals surface area contributed by atoms with Gasteiger partial charge in [0.15, 0.2) is 5.43 Å². The maximum atomic E-state index is 13.8. The fraction of sp³-hybridized carbons (Fsp3) is 0.302. The van der Waals surface area contributed by atoms with Gasteiger partial charge in [0.1, 0.15) is 22.3 Å². The predicted molar refractivity (Wildman–Crippen MR) is 212 cm³/mol. The lowest BCUT2D eigenvalue weighted by Gasteiger charge is -2.19. The molecule has 3 aromatic rings. The number of rotatable bonds is 18. The third-order valence-corrected chi connectivity index (χ3v) is 10.9. The van der Waals surface area contributed by atoms with Crippen molar-refractivity contribution in [2.45, 2.75) is 75.9 Å². The van der Waals surface area contributed by atoms with E-state index in [4.69, 9.17) is 9.25 Å². The van der Waals surface area contributed by atoms with Crippen LogP contribution in [-0.2, 0) is 24.0 Å². The van der Waals surface area contributed by atoms with Gasteiger partial charge in [0.2, 0.25) is 5.91 Å². The van der Waals surface area contributed by atoms with Crippen LogP contribution in [-0.4, -0.2) is 50.7 Å². The molecule has 3 amide bonds. The molecule has 12 nitrogen and oxygen atoms in total. The number of nitrogens with one attached hydrogen (secondary N) is 1. The SMILES string of the molecule is O=C(CCCCCCCCCCSC(C(=O)Nc1ccc(-c2c3ccc(=O)cc-3oc3cc(O)ccc23)c(C(=O)O)c1)c1ccccc1)ON1C(=O)CCC1=O. The van der Waals surface area contributed by atoms with Gasteiger partial charge in [0.25, 0.3) is 11.8 Å². The first-order chi connectivity index (χ1) is 27.1. The lowest BCUT2D eigenvalue weighted by Crippen LogP contribution is -2.31. The zero-order valence-corrected chi connectivity index (χ0v) is 31.5. The number of aromatic hydroxyl groups is 1. The van der Waals surface area contributed by atoms with Crippen LogP contribution in [0.15, 0.2) is 94.1 Å². The van der Waals surface area contributed by atoms with E-state index < -0.39 is 29.0 Å². The largest absolute Gasteiger partial charge is 0.508 e. The summed E-state index contributed by atoms with van der Waals surface area (Å²) < 4.78 is 5.92. The standard InChI is InChI=1S/C43H42N2O10S/c46-29-16-19-32-35(25-29)54-36-26-30(47)17-20-33(36)40(32)31-18-15-28(24-34(31)43(52)53)44-42(51)41(27-12-8-7-9-13-27)56-23-11-6-4-2-1-3-5-10-14-39(50)55-45-37(48)21-22-38(45)49/h7-9,12-13,15-20,24-26,41,46H,1-6,10-11,14,21-23H2,(H,44,51)(H,52,53). The Balaban J connectivity index is 1.03. The Morgan fingerprint density at radius 2 is 1.46 bits per heavy atom. The topological polar surface area (TPSA) is 181 Å². The Morgan fingerprint density at radius 1 is 0.786 bits per heavy atom. The molecule has 2 heterocycles. The molecular formula is C43H42N2O10S. The monoisotopic (exact) mass is 778 g/mol. The lowest BCUT2D eigenvalue weighted by atomic mass is 9.90. The number of carboxylic acid groups (broad SMARTS) is 1. The number of thioether (sulfide) groups is 1. The third-order valence-electron chi connectivity index (χ3n) is 9.56. The van der Waals surface area contributed by atoms with E-state index >= 15 is 0 Å². The molecule has 0 bridgehead atoms. The third kappa shape index (κ3) is 9.82. The number of hydroxylamine groups is 2. The van der Waals surface area contributed by atoms with Gasteiger partial charge in [-0.25, -0.2) is 9.59 Å². The highest BCUT2D eigenvalue weighted by molar-refractivity contribution is 8.00. The van der Waals surface area contributed by atoms with E-state index in [0.717, 1.165) is 56.3 Å². The van der Waals surface area contributed by atoms with Gasteiger partial charge in [-0.15, -0.1) is 16.8 Å². The number of fused-ring (bicyclic) bond motifs is 2. The molecule has 6 rings (SSSR count). The number of anilines is 1. The van der Waals surface area contributed by atoms with E-state index in [9.17, 15) is 39.0 Å². The van der Waals surface area contributed by atoms with Crippen molar-refractivity contribution in [3.8, 4) is 28.2 Å². The van der Waals surface area contributed by atoms with Crippen LogP contribution in [0.3, 0.4) is 0 Å². The molecule has 0 aromatic heterocycles. The molecule has 1 unspecified atom stereocenters. The fourth-order valence-electron chi connectivity index (χ4n) is 6.76. The van der Waals surface area contributed by atoms with Crippen molar-refractivity contribution in [1.82, 2.24) is 5.06 Å². The number of phenolic OH excluding ortho intramolecular Hbond substituents is 1. The molecule has 0 radical (unpaired) electrons. The zero-order chi connectivity index (χ0) is 39.6. The molecular weight excluding hydrogens is 737 g/mol. The number of phenols is 1. The number of benzene rings is 4. The zero-order valence-electron chi connectivity index (χ0n) is 30.7. The van der Waals surface area contributed by atoms with Gasteiger partial charge in [-0.1, -0.05) is 74.9 Å². The van der Waals surface area contributed by atoms with E-state index in [1.165, 1.54) is 42.1 Å². The number of hydrogen-bond acceptors (Lipinski definition) is 10. The van der Waals surface area contributed by atoms with Crippen LogP contribution in [0.25, 0.3) is 33.4 Å². The van der Waals surface area contributed by atoms with Gasteiger partial charge < -0.3 is 24.8 Å². The molecule has 3 aliphatic rings. The molecule has 290 valence electrons. The molecule has 2 aliphatic heterocycles. The Labute approximate surface area is 327 Å². The highest BCUT2D eigenvalue weighted by Crippen LogP contribution is 2.42. The number of carbonyl (C=O) groups excluding carboxylic acids is 4. The Morgan fingerprint density at radius 3 is 2.18 bits per heavy atom. The first kappa shape index (κ1) is 39.7. The number of aromatic carboxylic acids is 1. The van der Waals surface area contributed by atoms with E-state index in [-0.39, 0.29) is 53.3 Å². The second kappa shape index (κ2) is 18.6. The van der Waals surface area contributed by atoms with Crippen molar-refractivity contribution < 1.29 is 43.4 Å². The van der Waals surface area contributed by atoms with Crippen molar-refractivity contribution in [2.24, 2.45) is 0 Å². The molecule has 1 fully saturated rings. The summed E-state index contributed by atoms with van der Waals surface area (Å²) in [6, 6.07) is 23.0. The molecule has 56 heavy (non-hydrogen) atoms. The summed E-state index contributed by atoms with van der Waals surface area (Å²) in [5.74, 6) is -2.06. The minimum Gasteiger partial charge on any atom is -0.508 e. The van der Waals surface area contributed by atoms with Crippen LogP contribution in [0, 0.1) is 0 Å². The normalized spacial score (nSPS) is 13.3. The van der Waals surface area contributed by atoms with Crippen LogP contribution < -0.4 is 10.7 Å². The van der Waals surface area contributed by atoms with Gasteiger partial charge in [-0.2, -0.15) is 0 Å². The Hall–Kier alpha value is -5.95. The number of imide groups is 1. The van der Waals surface area contributed by atoms with Crippen LogP contribution in [0.2, 0.25) is 0 Å². The average Bonchev–Trinajstić information content (AvgIpc) is 3.49. The summed E-state index contributed by atoms with van der Waals surface area (Å²) in [6.45, 7) is 0. The highest BCUT2D eigenvalue weighted by Gasteiger charge is 2.32.